The van der Waals surface area contributed by atoms with Crippen LogP contribution in [-0.4, -0.2) is 11.7 Å². The molecule has 0 atom stereocenters. The van der Waals surface area contributed by atoms with Gasteiger partial charge in [0.25, 0.3) is 0 Å². The Labute approximate surface area is 110 Å². The van der Waals surface area contributed by atoms with E-state index in [0.717, 1.165) is 6.42 Å². The number of ether oxygens (including phenoxy) is 1. The van der Waals surface area contributed by atoms with E-state index in [4.69, 9.17) is 4.74 Å². The largest absolute Gasteiger partial charge is 0.508 e. The minimum absolute atomic E-state index is 0.0764. The number of hydrogen-bond acceptors (Lipinski definition) is 2. The highest BCUT2D eigenvalue weighted by Gasteiger charge is 2.15. The van der Waals surface area contributed by atoms with Gasteiger partial charge >= 0.3 is 0 Å². The molecule has 2 nitrogen and oxygen atoms in total. The van der Waals surface area contributed by atoms with Crippen molar-refractivity contribution in [3.8, 4) is 22.6 Å². The van der Waals surface area contributed by atoms with Gasteiger partial charge < -0.3 is 9.84 Å². The fourth-order valence-corrected chi connectivity index (χ4v) is 1.72. The monoisotopic (exact) mass is 264 g/mol. The first-order chi connectivity index (χ1) is 9.13. The van der Waals surface area contributed by atoms with Crippen LogP contribution in [0.4, 0.5) is 8.78 Å². The maximum Gasteiger partial charge on any atom is 0.201 e. The Hall–Kier alpha value is -2.10. The number of aromatic hydroxyl groups is 1. The third-order valence-electron chi connectivity index (χ3n) is 2.69. The topological polar surface area (TPSA) is 29.5 Å². The first-order valence-corrected chi connectivity index (χ1v) is 6.03. The van der Waals surface area contributed by atoms with Gasteiger partial charge in [0.2, 0.25) is 5.82 Å². The molecule has 0 aliphatic heterocycles. The summed E-state index contributed by atoms with van der Waals surface area (Å²) in [7, 11) is 0. The lowest BCUT2D eigenvalue weighted by Crippen LogP contribution is -2.00. The Morgan fingerprint density at radius 2 is 1.68 bits per heavy atom. The second-order valence-electron chi connectivity index (χ2n) is 4.13. The van der Waals surface area contributed by atoms with Crippen LogP contribution in [0.15, 0.2) is 36.4 Å². The molecular weight excluding hydrogens is 250 g/mol. The number of hydrogen-bond donors (Lipinski definition) is 1. The van der Waals surface area contributed by atoms with E-state index < -0.39 is 11.6 Å². The van der Waals surface area contributed by atoms with Crippen LogP contribution in [0.1, 0.15) is 13.3 Å². The molecule has 4 heteroatoms. The van der Waals surface area contributed by atoms with E-state index in [-0.39, 0.29) is 17.1 Å². The van der Waals surface area contributed by atoms with Crippen molar-refractivity contribution in [2.75, 3.05) is 6.61 Å². The van der Waals surface area contributed by atoms with E-state index in [1.165, 1.54) is 36.4 Å². The van der Waals surface area contributed by atoms with Crippen molar-refractivity contribution >= 4 is 0 Å². The van der Waals surface area contributed by atoms with E-state index in [0.29, 0.717) is 12.2 Å². The number of halogens is 2. The van der Waals surface area contributed by atoms with Gasteiger partial charge in [0.15, 0.2) is 11.6 Å². The number of benzene rings is 2. The van der Waals surface area contributed by atoms with Crippen LogP contribution in [-0.2, 0) is 0 Å². The highest BCUT2D eigenvalue weighted by atomic mass is 19.2. The van der Waals surface area contributed by atoms with Gasteiger partial charge in [-0.25, -0.2) is 4.39 Å². The van der Waals surface area contributed by atoms with Crippen LogP contribution in [0, 0.1) is 11.6 Å². The summed E-state index contributed by atoms with van der Waals surface area (Å²) in [5.74, 6) is -1.94. The molecule has 2 aromatic carbocycles. The lowest BCUT2D eigenvalue weighted by Gasteiger charge is -2.09. The summed E-state index contributed by atoms with van der Waals surface area (Å²) in [6.45, 7) is 2.23. The van der Waals surface area contributed by atoms with Crippen LogP contribution in [0.5, 0.6) is 11.5 Å². The first-order valence-electron chi connectivity index (χ1n) is 6.03. The van der Waals surface area contributed by atoms with Crippen molar-refractivity contribution in [3.05, 3.63) is 48.0 Å². The van der Waals surface area contributed by atoms with Crippen molar-refractivity contribution in [2.45, 2.75) is 13.3 Å². The smallest absolute Gasteiger partial charge is 0.201 e. The molecule has 0 heterocycles. The molecule has 1 N–H and O–H groups in total. The molecule has 19 heavy (non-hydrogen) atoms. The molecule has 0 saturated heterocycles. The lowest BCUT2D eigenvalue weighted by atomic mass is 10.0. The van der Waals surface area contributed by atoms with Gasteiger partial charge in [0.1, 0.15) is 5.75 Å². The molecule has 0 amide bonds. The maximum atomic E-state index is 14.0. The molecule has 0 aliphatic rings. The van der Waals surface area contributed by atoms with Crippen molar-refractivity contribution < 1.29 is 18.6 Å². The van der Waals surface area contributed by atoms with E-state index in [1.54, 1.807) is 0 Å². The van der Waals surface area contributed by atoms with Gasteiger partial charge in [0, 0.05) is 5.56 Å². The highest BCUT2D eigenvalue weighted by molar-refractivity contribution is 5.66. The first kappa shape index (κ1) is 13.3. The molecule has 0 spiro atoms. The summed E-state index contributed by atoms with van der Waals surface area (Å²) in [6.07, 6.45) is 0.723. The summed E-state index contributed by atoms with van der Waals surface area (Å²) in [5, 5.41) is 9.18. The predicted octanol–water partition coefficient (Wildman–Crippen LogP) is 4.13. The van der Waals surface area contributed by atoms with Gasteiger partial charge in [-0.3, -0.25) is 0 Å². The Balaban J connectivity index is 2.38. The second-order valence-corrected chi connectivity index (χ2v) is 4.13. The van der Waals surface area contributed by atoms with Crippen molar-refractivity contribution in [2.24, 2.45) is 0 Å². The van der Waals surface area contributed by atoms with Gasteiger partial charge in [-0.05, 0) is 36.2 Å². The molecule has 0 unspecified atom stereocenters. The second kappa shape index (κ2) is 5.69. The van der Waals surface area contributed by atoms with Crippen molar-refractivity contribution in [1.82, 2.24) is 0 Å². The third-order valence-corrected chi connectivity index (χ3v) is 2.69. The van der Waals surface area contributed by atoms with Gasteiger partial charge in [-0.15, -0.1) is 0 Å². The van der Waals surface area contributed by atoms with E-state index in [9.17, 15) is 13.9 Å². The summed E-state index contributed by atoms with van der Waals surface area (Å²) < 4.78 is 32.9. The Morgan fingerprint density at radius 1 is 1.00 bits per heavy atom. The third kappa shape index (κ3) is 2.84. The zero-order valence-electron chi connectivity index (χ0n) is 10.5. The fraction of sp³-hybridized carbons (Fsp3) is 0.200. The zero-order valence-corrected chi connectivity index (χ0v) is 10.5. The molecule has 0 fully saturated rings. The van der Waals surface area contributed by atoms with Crippen LogP contribution in [0.25, 0.3) is 11.1 Å². The molecule has 0 bridgehead atoms. The minimum atomic E-state index is -0.987. The number of phenolic OH excluding ortho intramolecular Hbond substituents is 1. The maximum absolute atomic E-state index is 14.0. The van der Waals surface area contributed by atoms with Crippen molar-refractivity contribution in [3.63, 3.8) is 0 Å². The Kier molecular flexibility index (Phi) is 4.00. The predicted molar refractivity (Wildman–Crippen MR) is 69.2 cm³/mol. The lowest BCUT2D eigenvalue weighted by molar-refractivity contribution is 0.295. The Morgan fingerprint density at radius 3 is 2.32 bits per heavy atom. The quantitative estimate of drug-likeness (QED) is 0.899. The van der Waals surface area contributed by atoms with Gasteiger partial charge in [0.05, 0.1) is 6.61 Å². The van der Waals surface area contributed by atoms with E-state index >= 15 is 0 Å². The summed E-state index contributed by atoms with van der Waals surface area (Å²) >= 11 is 0. The molecule has 0 radical (unpaired) electrons. The average molecular weight is 264 g/mol. The molecule has 100 valence electrons. The average Bonchev–Trinajstić information content (AvgIpc) is 2.42. The molecule has 2 rings (SSSR count). The molecule has 0 saturated carbocycles. The van der Waals surface area contributed by atoms with Crippen LogP contribution in [0.3, 0.4) is 0 Å². The molecular formula is C15H14F2O2. The van der Waals surface area contributed by atoms with Crippen molar-refractivity contribution in [1.29, 1.82) is 0 Å². The molecule has 0 aliphatic carbocycles. The normalized spacial score (nSPS) is 10.5. The molecule has 2 aromatic rings. The number of rotatable bonds is 4. The summed E-state index contributed by atoms with van der Waals surface area (Å²) in [4.78, 5) is 0. The van der Waals surface area contributed by atoms with Crippen LogP contribution >= 0.6 is 0 Å². The van der Waals surface area contributed by atoms with Gasteiger partial charge in [-0.1, -0.05) is 19.1 Å². The standard InChI is InChI=1S/C15H14F2O2/c1-2-9-19-13-8-7-12(14(16)15(13)17)10-3-5-11(18)6-4-10/h3-8,18H,2,9H2,1H3. The number of phenols is 1. The minimum Gasteiger partial charge on any atom is -0.508 e. The summed E-state index contributed by atoms with van der Waals surface area (Å²) in [5.41, 5.74) is 0.637. The van der Waals surface area contributed by atoms with Crippen LogP contribution in [0.2, 0.25) is 0 Å². The van der Waals surface area contributed by atoms with E-state index in [1.807, 2.05) is 6.92 Å². The fourth-order valence-electron chi connectivity index (χ4n) is 1.72. The van der Waals surface area contributed by atoms with Crippen LogP contribution < -0.4 is 4.74 Å². The van der Waals surface area contributed by atoms with E-state index in [2.05, 4.69) is 0 Å². The van der Waals surface area contributed by atoms with Gasteiger partial charge in [-0.2, -0.15) is 4.39 Å². The molecule has 0 aromatic heterocycles. The SMILES string of the molecule is CCCOc1ccc(-c2ccc(O)cc2)c(F)c1F. The highest BCUT2D eigenvalue weighted by Crippen LogP contribution is 2.30. The Bertz CT molecular complexity index is 565. The zero-order chi connectivity index (χ0) is 13.8. The summed E-state index contributed by atoms with van der Waals surface area (Å²) in [6, 6.07) is 8.79.